The second-order valence-corrected chi connectivity index (χ2v) is 5.27. The Morgan fingerprint density at radius 3 is 2.79 bits per heavy atom. The van der Waals surface area contributed by atoms with Gasteiger partial charge in [-0.1, -0.05) is 0 Å². The second-order valence-electron chi connectivity index (χ2n) is 4.62. The first kappa shape index (κ1) is 14.2. The monoisotopic (exact) mass is 287 g/mol. The molecule has 19 heavy (non-hydrogen) atoms. The molecule has 1 heterocycles. The van der Waals surface area contributed by atoms with E-state index in [1.165, 1.54) is 0 Å². The van der Waals surface area contributed by atoms with Crippen molar-refractivity contribution in [2.75, 3.05) is 5.32 Å². The molecule has 0 unspecified atom stereocenters. The van der Waals surface area contributed by atoms with Crippen LogP contribution in [-0.2, 0) is 4.79 Å². The van der Waals surface area contributed by atoms with Crippen molar-refractivity contribution in [2.24, 2.45) is 11.1 Å². The van der Waals surface area contributed by atoms with Gasteiger partial charge in [-0.15, -0.1) is 0 Å². The summed E-state index contributed by atoms with van der Waals surface area (Å²) in [6, 6.07) is 3.30. The highest BCUT2D eigenvalue weighted by atomic mass is 32.2. The van der Waals surface area contributed by atoms with Gasteiger partial charge in [-0.25, -0.2) is 13.8 Å². The van der Waals surface area contributed by atoms with Gasteiger partial charge in [0.05, 0.1) is 0 Å². The summed E-state index contributed by atoms with van der Waals surface area (Å²) in [6.45, 7) is 0. The van der Waals surface area contributed by atoms with Crippen LogP contribution in [0.1, 0.15) is 25.7 Å². The molecule has 3 N–H and O–H groups in total. The van der Waals surface area contributed by atoms with Crippen molar-refractivity contribution in [2.45, 2.75) is 36.6 Å². The minimum absolute atomic E-state index is 0.213. The third-order valence-corrected chi connectivity index (χ3v) is 3.68. The van der Waals surface area contributed by atoms with Gasteiger partial charge in [-0.2, -0.15) is 0 Å². The summed E-state index contributed by atoms with van der Waals surface area (Å²) in [7, 11) is 0. The quantitative estimate of drug-likeness (QED) is 0.839. The Balaban J connectivity index is 1.94. The van der Waals surface area contributed by atoms with Gasteiger partial charge in [-0.3, -0.25) is 9.93 Å². The maximum Gasteiger partial charge on any atom is 0.248 e. The predicted octanol–water partition coefficient (Wildman–Crippen LogP) is 2.81. The number of amides is 1. The van der Waals surface area contributed by atoms with Crippen LogP contribution in [0.2, 0.25) is 0 Å². The summed E-state index contributed by atoms with van der Waals surface area (Å²) < 4.78 is 26.0. The first-order valence-corrected chi connectivity index (χ1v) is 6.90. The molecule has 0 bridgehead atoms. The van der Waals surface area contributed by atoms with Crippen LogP contribution in [0.3, 0.4) is 0 Å². The van der Waals surface area contributed by atoms with Crippen LogP contribution in [-0.4, -0.2) is 16.8 Å². The van der Waals surface area contributed by atoms with Crippen LogP contribution in [0.25, 0.3) is 0 Å². The Morgan fingerprint density at radius 2 is 2.16 bits per heavy atom. The predicted molar refractivity (Wildman–Crippen MR) is 69.8 cm³/mol. The third-order valence-electron chi connectivity index (χ3n) is 3.21. The first-order valence-electron chi connectivity index (χ1n) is 6.02. The van der Waals surface area contributed by atoms with Crippen molar-refractivity contribution in [1.82, 2.24) is 4.98 Å². The van der Waals surface area contributed by atoms with Crippen LogP contribution in [0, 0.1) is 5.92 Å². The fourth-order valence-corrected chi connectivity index (χ4v) is 2.42. The molecule has 0 atom stereocenters. The van der Waals surface area contributed by atoms with Gasteiger partial charge in [0, 0.05) is 30.6 Å². The molecule has 1 aliphatic carbocycles. The van der Waals surface area contributed by atoms with Crippen molar-refractivity contribution in [3.8, 4) is 0 Å². The van der Waals surface area contributed by atoms with Crippen LogP contribution in [0.4, 0.5) is 14.5 Å². The van der Waals surface area contributed by atoms with Gasteiger partial charge in [0.15, 0.2) is 0 Å². The highest BCUT2D eigenvalue weighted by Gasteiger charge is 2.37. The van der Waals surface area contributed by atoms with Crippen molar-refractivity contribution in [3.63, 3.8) is 0 Å². The Morgan fingerprint density at radius 1 is 1.47 bits per heavy atom. The molecule has 0 aromatic carbocycles. The first-order chi connectivity index (χ1) is 9.00. The number of carbonyl (C=O) groups is 1. The lowest BCUT2D eigenvalue weighted by molar-refractivity contribution is -0.124. The fourth-order valence-electron chi connectivity index (χ4n) is 2.10. The molecule has 1 fully saturated rings. The van der Waals surface area contributed by atoms with Crippen LogP contribution in [0.15, 0.2) is 23.4 Å². The van der Waals surface area contributed by atoms with Crippen LogP contribution < -0.4 is 10.5 Å². The van der Waals surface area contributed by atoms with Crippen LogP contribution in [0.5, 0.6) is 0 Å². The summed E-state index contributed by atoms with van der Waals surface area (Å²) in [5, 5.41) is 8.69. The molecule has 1 saturated carbocycles. The Kier molecular flexibility index (Phi) is 4.36. The van der Waals surface area contributed by atoms with E-state index in [1.54, 1.807) is 18.3 Å². The van der Waals surface area contributed by atoms with E-state index in [1.807, 2.05) is 0 Å². The highest BCUT2D eigenvalue weighted by Crippen LogP contribution is 2.36. The normalized spacial score (nSPS) is 19.1. The van der Waals surface area contributed by atoms with Crippen molar-refractivity contribution in [3.05, 3.63) is 18.3 Å². The van der Waals surface area contributed by atoms with Gasteiger partial charge >= 0.3 is 0 Å². The number of nitrogens with one attached hydrogen (secondary N) is 1. The zero-order valence-corrected chi connectivity index (χ0v) is 11.1. The van der Waals surface area contributed by atoms with Crippen molar-refractivity contribution < 1.29 is 13.6 Å². The zero-order valence-electron chi connectivity index (χ0n) is 10.2. The number of anilines is 1. The van der Waals surface area contributed by atoms with E-state index in [9.17, 15) is 13.6 Å². The molecule has 1 aromatic rings. The number of hydrogen-bond acceptors (Lipinski definition) is 4. The number of rotatable bonds is 3. The molecule has 1 aliphatic rings. The highest BCUT2D eigenvalue weighted by molar-refractivity contribution is 7.97. The summed E-state index contributed by atoms with van der Waals surface area (Å²) >= 11 is 0.984. The number of nitrogens with two attached hydrogens (primary N) is 1. The summed E-state index contributed by atoms with van der Waals surface area (Å²) in [5.74, 6) is -3.17. The minimum Gasteiger partial charge on any atom is -0.326 e. The molecule has 0 saturated heterocycles. The number of pyridine rings is 1. The number of halogens is 2. The number of hydrogen-bond donors (Lipinski definition) is 2. The van der Waals surface area contributed by atoms with E-state index >= 15 is 0 Å². The molecular formula is C12H15F2N3OS. The number of carbonyl (C=O) groups excluding carboxylic acids is 1. The average Bonchev–Trinajstić information content (AvgIpc) is 2.38. The van der Waals surface area contributed by atoms with Gasteiger partial charge < -0.3 is 5.32 Å². The second kappa shape index (κ2) is 5.83. The van der Waals surface area contributed by atoms with E-state index in [0.717, 1.165) is 11.9 Å². The average molecular weight is 287 g/mol. The minimum atomic E-state index is -2.61. The van der Waals surface area contributed by atoms with Gasteiger partial charge in [-0.05, 0) is 36.9 Å². The molecule has 7 heteroatoms. The molecule has 4 nitrogen and oxygen atoms in total. The summed E-state index contributed by atoms with van der Waals surface area (Å²) in [6.07, 6.45) is 1.56. The summed E-state index contributed by atoms with van der Waals surface area (Å²) in [4.78, 5) is 15.9. The Hall–Kier alpha value is -1.21. The molecule has 104 valence electrons. The lowest BCUT2D eigenvalue weighted by atomic mass is 9.86. The van der Waals surface area contributed by atoms with Crippen LogP contribution >= 0.6 is 11.9 Å². The fraction of sp³-hybridized carbons (Fsp3) is 0.500. The van der Waals surface area contributed by atoms with Gasteiger partial charge in [0.1, 0.15) is 5.03 Å². The SMILES string of the molecule is NSc1cc(NC(=O)C2CCC(F)(F)CC2)ccn1. The molecule has 0 radical (unpaired) electrons. The van der Waals surface area contributed by atoms with E-state index in [-0.39, 0.29) is 37.5 Å². The number of aromatic nitrogens is 1. The van der Waals surface area contributed by atoms with Gasteiger partial charge in [0.25, 0.3) is 0 Å². The van der Waals surface area contributed by atoms with E-state index in [0.29, 0.717) is 10.7 Å². The van der Waals surface area contributed by atoms with Crippen molar-refractivity contribution >= 4 is 23.5 Å². The molecular weight excluding hydrogens is 272 g/mol. The lowest BCUT2D eigenvalue weighted by Gasteiger charge is -2.27. The Labute approximate surface area is 114 Å². The van der Waals surface area contributed by atoms with Gasteiger partial charge in [0.2, 0.25) is 11.8 Å². The summed E-state index contributed by atoms with van der Waals surface area (Å²) in [5.41, 5.74) is 0.588. The Bertz CT molecular complexity index is 460. The largest absolute Gasteiger partial charge is 0.326 e. The van der Waals surface area contributed by atoms with E-state index < -0.39 is 5.92 Å². The topological polar surface area (TPSA) is 68.0 Å². The third kappa shape index (κ3) is 3.87. The molecule has 2 rings (SSSR count). The lowest BCUT2D eigenvalue weighted by Crippen LogP contribution is -2.31. The molecule has 0 aliphatic heterocycles. The molecule has 1 amide bonds. The van der Waals surface area contributed by atoms with Crippen molar-refractivity contribution in [1.29, 1.82) is 0 Å². The zero-order chi connectivity index (χ0) is 13.9. The number of alkyl halides is 2. The maximum atomic E-state index is 13.0. The number of nitrogens with zero attached hydrogens (tertiary/aromatic N) is 1. The van der Waals surface area contributed by atoms with E-state index in [4.69, 9.17) is 5.14 Å². The molecule has 1 aromatic heterocycles. The van der Waals surface area contributed by atoms with E-state index in [2.05, 4.69) is 10.3 Å². The molecule has 0 spiro atoms. The standard InChI is InChI=1S/C12H15F2N3OS/c13-12(14)4-1-8(2-5-12)11(18)17-9-3-6-16-10(7-9)19-15/h3,6-8H,1-2,4-5,15H2,(H,16,17,18). The smallest absolute Gasteiger partial charge is 0.248 e. The maximum absolute atomic E-state index is 13.0.